The van der Waals surface area contributed by atoms with Crippen molar-refractivity contribution in [3.8, 4) is 0 Å². The van der Waals surface area contributed by atoms with Crippen LogP contribution in [-0.4, -0.2) is 51.2 Å². The fourth-order valence-electron chi connectivity index (χ4n) is 1.79. The lowest BCUT2D eigenvalue weighted by Gasteiger charge is -2.21. The quantitative estimate of drug-likeness (QED) is 0.734. The Morgan fingerprint density at radius 1 is 1.50 bits per heavy atom. The summed E-state index contributed by atoms with van der Waals surface area (Å²) < 4.78 is 44.0. The molecule has 8 heteroatoms. The van der Waals surface area contributed by atoms with Gasteiger partial charge >= 0.3 is 0 Å². The second-order valence-electron chi connectivity index (χ2n) is 4.32. The number of sulfonamides is 1. The van der Waals surface area contributed by atoms with Crippen molar-refractivity contribution in [3.63, 3.8) is 0 Å². The Bertz CT molecular complexity index is 550. The van der Waals surface area contributed by atoms with Crippen LogP contribution in [0, 0.1) is 5.82 Å². The minimum Gasteiger partial charge on any atom is -0.389 e. The number of ether oxygens (including phenoxy) is 1. The summed E-state index contributed by atoms with van der Waals surface area (Å²) in [6.07, 6.45) is -0.963. The summed E-state index contributed by atoms with van der Waals surface area (Å²) in [6, 6.07) is 3.75. The highest BCUT2D eigenvalue weighted by molar-refractivity contribution is 7.89. The third kappa shape index (κ3) is 3.74. The van der Waals surface area contributed by atoms with Gasteiger partial charge in [0.15, 0.2) is 0 Å². The van der Waals surface area contributed by atoms with Gasteiger partial charge in [0.05, 0.1) is 17.6 Å². The Balaban J connectivity index is 3.08. The van der Waals surface area contributed by atoms with Crippen LogP contribution in [0.1, 0.15) is 5.56 Å². The second kappa shape index (κ2) is 7.09. The van der Waals surface area contributed by atoms with Crippen molar-refractivity contribution >= 4 is 10.0 Å². The summed E-state index contributed by atoms with van der Waals surface area (Å²) in [5.41, 5.74) is 5.34. The smallest absolute Gasteiger partial charge is 0.243 e. The van der Waals surface area contributed by atoms with Crippen molar-refractivity contribution < 1.29 is 22.7 Å². The number of halogens is 1. The predicted octanol–water partition coefficient (Wildman–Crippen LogP) is -0.0878. The first-order valence-corrected chi connectivity index (χ1v) is 7.39. The first-order chi connectivity index (χ1) is 9.34. The number of aliphatic hydroxyl groups is 1. The van der Waals surface area contributed by atoms with Crippen molar-refractivity contribution in [1.29, 1.82) is 0 Å². The Kier molecular flexibility index (Phi) is 6.03. The summed E-state index contributed by atoms with van der Waals surface area (Å²) in [5, 5.41) is 9.58. The number of benzene rings is 1. The van der Waals surface area contributed by atoms with Crippen LogP contribution >= 0.6 is 0 Å². The van der Waals surface area contributed by atoms with Gasteiger partial charge < -0.3 is 15.6 Å². The lowest BCUT2D eigenvalue weighted by molar-refractivity contribution is 0.0554. The van der Waals surface area contributed by atoms with Crippen molar-refractivity contribution in [2.45, 2.75) is 17.5 Å². The van der Waals surface area contributed by atoms with Crippen LogP contribution in [0.5, 0.6) is 0 Å². The van der Waals surface area contributed by atoms with Gasteiger partial charge in [0.2, 0.25) is 10.0 Å². The van der Waals surface area contributed by atoms with Crippen molar-refractivity contribution in [2.75, 3.05) is 27.3 Å². The van der Waals surface area contributed by atoms with E-state index >= 15 is 0 Å². The number of methoxy groups -OCH3 is 1. The van der Waals surface area contributed by atoms with Gasteiger partial charge in [0.1, 0.15) is 5.82 Å². The van der Waals surface area contributed by atoms with Crippen molar-refractivity contribution in [2.24, 2.45) is 5.73 Å². The molecule has 0 heterocycles. The molecule has 0 aliphatic heterocycles. The van der Waals surface area contributed by atoms with Crippen LogP contribution in [0.3, 0.4) is 0 Å². The van der Waals surface area contributed by atoms with E-state index in [1.165, 1.54) is 26.3 Å². The molecule has 0 amide bonds. The summed E-state index contributed by atoms with van der Waals surface area (Å²) in [4.78, 5) is -0.188. The lowest BCUT2D eigenvalue weighted by Crippen LogP contribution is -2.36. The number of aliphatic hydroxyl groups excluding tert-OH is 1. The zero-order valence-electron chi connectivity index (χ0n) is 11.4. The molecule has 114 valence electrons. The van der Waals surface area contributed by atoms with E-state index in [4.69, 9.17) is 10.5 Å². The highest BCUT2D eigenvalue weighted by Gasteiger charge is 2.26. The Labute approximate surface area is 118 Å². The third-order valence-corrected chi connectivity index (χ3v) is 4.70. The molecule has 0 aliphatic rings. The molecule has 3 N–H and O–H groups in total. The molecule has 0 aromatic heterocycles. The fourth-order valence-corrected chi connectivity index (χ4v) is 3.23. The maximum Gasteiger partial charge on any atom is 0.243 e. The van der Waals surface area contributed by atoms with E-state index in [0.717, 1.165) is 10.4 Å². The highest BCUT2D eigenvalue weighted by Crippen LogP contribution is 2.21. The first-order valence-electron chi connectivity index (χ1n) is 5.95. The number of nitrogens with two attached hydrogens (primary N) is 1. The minimum absolute atomic E-state index is 0.00670. The molecule has 1 rings (SSSR count). The van der Waals surface area contributed by atoms with Crippen LogP contribution < -0.4 is 5.73 Å². The summed E-state index contributed by atoms with van der Waals surface area (Å²) >= 11 is 0. The van der Waals surface area contributed by atoms with Crippen LogP contribution in [0.4, 0.5) is 4.39 Å². The maximum atomic E-state index is 13.6. The zero-order valence-corrected chi connectivity index (χ0v) is 12.2. The topological polar surface area (TPSA) is 92.9 Å². The molecule has 0 radical (unpaired) electrons. The zero-order chi connectivity index (χ0) is 15.3. The van der Waals surface area contributed by atoms with E-state index in [9.17, 15) is 17.9 Å². The second-order valence-corrected chi connectivity index (χ2v) is 6.33. The van der Waals surface area contributed by atoms with Crippen molar-refractivity contribution in [3.05, 3.63) is 29.6 Å². The SMILES string of the molecule is COCC(O)CN(C)S(=O)(=O)c1cccc(F)c1CN. The largest absolute Gasteiger partial charge is 0.389 e. The molecule has 1 aromatic rings. The van der Waals surface area contributed by atoms with Gasteiger partial charge in [-0.05, 0) is 12.1 Å². The van der Waals surface area contributed by atoms with Crippen LogP contribution in [0.25, 0.3) is 0 Å². The predicted molar refractivity (Wildman–Crippen MR) is 72.0 cm³/mol. The van der Waals surface area contributed by atoms with E-state index in [1.54, 1.807) is 0 Å². The summed E-state index contributed by atoms with van der Waals surface area (Å²) in [7, 11) is -1.22. The lowest BCUT2D eigenvalue weighted by atomic mass is 10.2. The number of rotatable bonds is 7. The standard InChI is InChI=1S/C12H19FN2O4S/c1-15(7-9(16)8-19-2)20(17,18)12-5-3-4-11(13)10(12)6-14/h3-5,9,16H,6-8,14H2,1-2H3. The monoisotopic (exact) mass is 306 g/mol. The van der Waals surface area contributed by atoms with E-state index in [-0.39, 0.29) is 30.2 Å². The van der Waals surface area contributed by atoms with Gasteiger partial charge in [-0.25, -0.2) is 12.8 Å². The number of hydrogen-bond donors (Lipinski definition) is 2. The molecular weight excluding hydrogens is 287 g/mol. The van der Waals surface area contributed by atoms with E-state index in [1.807, 2.05) is 0 Å². The van der Waals surface area contributed by atoms with Gasteiger partial charge in [-0.1, -0.05) is 6.07 Å². The molecule has 0 bridgehead atoms. The van der Waals surface area contributed by atoms with E-state index < -0.39 is 21.9 Å². The Morgan fingerprint density at radius 3 is 2.70 bits per heavy atom. The summed E-state index contributed by atoms with van der Waals surface area (Å²) in [5.74, 6) is -0.667. The first kappa shape index (κ1) is 17.0. The molecule has 1 aromatic carbocycles. The molecule has 0 aliphatic carbocycles. The van der Waals surface area contributed by atoms with Crippen LogP contribution in [0.15, 0.2) is 23.1 Å². The van der Waals surface area contributed by atoms with Gasteiger partial charge in [0.25, 0.3) is 0 Å². The molecule has 0 fully saturated rings. The molecule has 0 spiro atoms. The van der Waals surface area contributed by atoms with Crippen LogP contribution in [-0.2, 0) is 21.3 Å². The molecule has 6 nitrogen and oxygen atoms in total. The number of hydrogen-bond acceptors (Lipinski definition) is 5. The maximum absolute atomic E-state index is 13.6. The normalized spacial score (nSPS) is 13.7. The third-order valence-electron chi connectivity index (χ3n) is 2.80. The highest BCUT2D eigenvalue weighted by atomic mass is 32.2. The van der Waals surface area contributed by atoms with Crippen LogP contribution in [0.2, 0.25) is 0 Å². The van der Waals surface area contributed by atoms with E-state index in [0.29, 0.717) is 0 Å². The van der Waals surface area contributed by atoms with Crippen molar-refractivity contribution in [1.82, 2.24) is 4.31 Å². The number of nitrogens with zero attached hydrogens (tertiary/aromatic N) is 1. The molecular formula is C12H19FN2O4S. The Morgan fingerprint density at radius 2 is 2.15 bits per heavy atom. The minimum atomic E-state index is -3.92. The average Bonchev–Trinajstić information content (AvgIpc) is 2.38. The average molecular weight is 306 g/mol. The Hall–Kier alpha value is -1.06. The fraction of sp³-hybridized carbons (Fsp3) is 0.500. The molecule has 1 atom stereocenters. The number of likely N-dealkylation sites (N-methyl/N-ethyl adjacent to an activating group) is 1. The summed E-state index contributed by atoms with van der Waals surface area (Å²) in [6.45, 7) is -0.376. The van der Waals surface area contributed by atoms with Gasteiger partial charge in [-0.2, -0.15) is 4.31 Å². The van der Waals surface area contributed by atoms with E-state index in [2.05, 4.69) is 0 Å². The molecule has 20 heavy (non-hydrogen) atoms. The van der Waals surface area contributed by atoms with Gasteiger partial charge in [-0.3, -0.25) is 0 Å². The molecule has 0 saturated carbocycles. The van der Waals surface area contributed by atoms with Gasteiger partial charge in [-0.15, -0.1) is 0 Å². The van der Waals surface area contributed by atoms with Gasteiger partial charge in [0, 0.05) is 32.8 Å². The molecule has 1 unspecified atom stereocenters. The molecule has 0 saturated heterocycles.